The van der Waals surface area contributed by atoms with Gasteiger partial charge in [0, 0.05) is 11.8 Å². The van der Waals surface area contributed by atoms with Crippen molar-refractivity contribution in [3.63, 3.8) is 0 Å². The van der Waals surface area contributed by atoms with Crippen molar-refractivity contribution < 1.29 is 15.3 Å². The Bertz CT molecular complexity index is 794. The normalized spacial score (nSPS) is 12.3. The van der Waals surface area contributed by atoms with Gasteiger partial charge in [-0.05, 0) is 17.9 Å². The van der Waals surface area contributed by atoms with Crippen LogP contribution in [0.15, 0.2) is 42.2 Å². The molecule has 3 nitrogen and oxygen atoms in total. The molecule has 0 bridgehead atoms. The number of phenols is 1. The van der Waals surface area contributed by atoms with E-state index in [1.807, 2.05) is 30.3 Å². The van der Waals surface area contributed by atoms with Gasteiger partial charge in [0.1, 0.15) is 11.5 Å². The van der Waals surface area contributed by atoms with Crippen LogP contribution in [0, 0.1) is 0 Å². The molecule has 172 valence electrons. The molecule has 0 saturated heterocycles. The number of hydrogen-bond acceptors (Lipinski definition) is 3. The van der Waals surface area contributed by atoms with Crippen LogP contribution in [0.1, 0.15) is 109 Å². The second kappa shape index (κ2) is 14.8. The van der Waals surface area contributed by atoms with Gasteiger partial charge in [-0.1, -0.05) is 121 Å². The van der Waals surface area contributed by atoms with Crippen LogP contribution in [0.25, 0.3) is 16.5 Å². The zero-order valence-corrected chi connectivity index (χ0v) is 19.4. The number of benzene rings is 2. The van der Waals surface area contributed by atoms with Crippen molar-refractivity contribution in [3.8, 4) is 5.75 Å². The van der Waals surface area contributed by atoms with E-state index in [4.69, 9.17) is 0 Å². The summed E-state index contributed by atoms with van der Waals surface area (Å²) in [6.45, 7) is 2.27. The molecular formula is C28H42O3. The number of aliphatic hydroxyl groups is 2. The highest BCUT2D eigenvalue weighted by molar-refractivity contribution is 5.92. The fraction of sp³-hybridized carbons (Fsp3) is 0.571. The van der Waals surface area contributed by atoms with E-state index in [0.29, 0.717) is 17.4 Å². The highest BCUT2D eigenvalue weighted by atomic mass is 16.3. The standard InChI is InChI=1S/C28H42O3/c1-2-3-4-5-6-7-8-9-10-11-12-13-14-15-20-26(29)28(31)25-22-21-23-18-16-17-19-24(23)27(25)30/h16-19,21-22,29-31H,2-15,20H2,1H3. The van der Waals surface area contributed by atoms with Crippen LogP contribution in [0.2, 0.25) is 0 Å². The Morgan fingerprint density at radius 2 is 1.16 bits per heavy atom. The Morgan fingerprint density at radius 1 is 0.645 bits per heavy atom. The summed E-state index contributed by atoms with van der Waals surface area (Å²) in [6, 6.07) is 11.0. The SMILES string of the molecule is CCCCCCCCCCCCCCCCC(O)=C(O)c1ccc2ccccc2c1O. The molecule has 3 N–H and O–H groups in total. The molecule has 0 aromatic heterocycles. The minimum Gasteiger partial charge on any atom is -0.508 e. The molecule has 2 aromatic carbocycles. The monoisotopic (exact) mass is 426 g/mol. The molecule has 0 fully saturated rings. The maximum absolute atomic E-state index is 10.5. The van der Waals surface area contributed by atoms with E-state index >= 15 is 0 Å². The molecule has 0 radical (unpaired) electrons. The molecule has 0 aliphatic heterocycles. The number of aromatic hydroxyl groups is 1. The molecule has 0 heterocycles. The van der Waals surface area contributed by atoms with Crippen molar-refractivity contribution in [2.24, 2.45) is 0 Å². The van der Waals surface area contributed by atoms with E-state index in [2.05, 4.69) is 6.92 Å². The van der Waals surface area contributed by atoms with Crippen LogP contribution >= 0.6 is 0 Å². The second-order valence-electron chi connectivity index (χ2n) is 8.82. The van der Waals surface area contributed by atoms with Crippen LogP contribution in [0.5, 0.6) is 5.75 Å². The van der Waals surface area contributed by atoms with Crippen molar-refractivity contribution in [2.45, 2.75) is 103 Å². The fourth-order valence-corrected chi connectivity index (χ4v) is 4.21. The minimum absolute atomic E-state index is 0.0168. The number of rotatable bonds is 16. The third-order valence-corrected chi connectivity index (χ3v) is 6.20. The number of hydrogen-bond donors (Lipinski definition) is 3. The van der Waals surface area contributed by atoms with Crippen LogP contribution < -0.4 is 0 Å². The Morgan fingerprint density at radius 3 is 1.74 bits per heavy atom. The molecule has 3 heteroatoms. The van der Waals surface area contributed by atoms with Crippen LogP contribution in [-0.4, -0.2) is 15.3 Å². The van der Waals surface area contributed by atoms with Crippen molar-refractivity contribution in [1.82, 2.24) is 0 Å². The first-order chi connectivity index (χ1) is 15.1. The summed E-state index contributed by atoms with van der Waals surface area (Å²) >= 11 is 0. The predicted octanol–water partition coefficient (Wildman–Crippen LogP) is 9.20. The molecule has 0 saturated carbocycles. The summed E-state index contributed by atoms with van der Waals surface area (Å²) in [5, 5.41) is 32.7. The number of unbranched alkanes of at least 4 members (excludes halogenated alkanes) is 13. The van der Waals surface area contributed by atoms with Gasteiger partial charge in [0.2, 0.25) is 0 Å². The molecule has 0 atom stereocenters. The van der Waals surface area contributed by atoms with E-state index in [0.717, 1.165) is 18.2 Å². The summed E-state index contributed by atoms with van der Waals surface area (Å²) < 4.78 is 0. The summed E-state index contributed by atoms with van der Waals surface area (Å²) in [5.41, 5.74) is 0.293. The minimum atomic E-state index is -0.210. The lowest BCUT2D eigenvalue weighted by Gasteiger charge is -2.10. The van der Waals surface area contributed by atoms with Gasteiger partial charge in [0.15, 0.2) is 5.76 Å². The predicted molar refractivity (Wildman–Crippen MR) is 133 cm³/mol. The largest absolute Gasteiger partial charge is 0.508 e. The van der Waals surface area contributed by atoms with E-state index in [-0.39, 0.29) is 17.3 Å². The van der Waals surface area contributed by atoms with Gasteiger partial charge in [0.05, 0.1) is 5.56 Å². The maximum Gasteiger partial charge on any atom is 0.164 e. The van der Waals surface area contributed by atoms with Gasteiger partial charge in [-0.2, -0.15) is 0 Å². The van der Waals surface area contributed by atoms with E-state index in [1.54, 1.807) is 6.07 Å². The van der Waals surface area contributed by atoms with Crippen molar-refractivity contribution in [2.75, 3.05) is 0 Å². The number of phenolic OH excluding ortho intramolecular Hbond substituents is 1. The molecule has 0 aliphatic carbocycles. The van der Waals surface area contributed by atoms with E-state index < -0.39 is 0 Å². The molecule has 31 heavy (non-hydrogen) atoms. The lowest BCUT2D eigenvalue weighted by atomic mass is 10.0. The number of allylic oxidation sites excluding steroid dienone is 1. The first-order valence-electron chi connectivity index (χ1n) is 12.5. The summed E-state index contributed by atoms with van der Waals surface area (Å²) in [5.74, 6) is -0.231. The molecule has 0 aliphatic rings. The lowest BCUT2D eigenvalue weighted by Crippen LogP contribution is -1.93. The van der Waals surface area contributed by atoms with Crippen molar-refractivity contribution >= 4 is 16.5 Å². The molecule has 0 unspecified atom stereocenters. The average Bonchev–Trinajstić information content (AvgIpc) is 2.79. The van der Waals surface area contributed by atoms with Crippen molar-refractivity contribution in [1.29, 1.82) is 0 Å². The average molecular weight is 427 g/mol. The molecular weight excluding hydrogens is 384 g/mol. The topological polar surface area (TPSA) is 60.7 Å². The molecule has 2 aromatic rings. The number of fused-ring (bicyclic) bond motifs is 1. The van der Waals surface area contributed by atoms with E-state index in [1.165, 1.54) is 77.0 Å². The van der Waals surface area contributed by atoms with Gasteiger partial charge in [0.25, 0.3) is 0 Å². The van der Waals surface area contributed by atoms with Gasteiger partial charge >= 0.3 is 0 Å². The zero-order chi connectivity index (χ0) is 22.3. The first kappa shape index (κ1) is 25.1. The first-order valence-corrected chi connectivity index (χ1v) is 12.5. The van der Waals surface area contributed by atoms with Crippen LogP contribution in [0.3, 0.4) is 0 Å². The summed E-state index contributed by atoms with van der Waals surface area (Å²) in [7, 11) is 0. The Labute approximate surface area is 188 Å². The molecule has 2 rings (SSSR count). The van der Waals surface area contributed by atoms with Crippen molar-refractivity contribution in [3.05, 3.63) is 47.7 Å². The van der Waals surface area contributed by atoms with Gasteiger partial charge in [-0.3, -0.25) is 0 Å². The second-order valence-corrected chi connectivity index (χ2v) is 8.82. The smallest absolute Gasteiger partial charge is 0.164 e. The highest BCUT2D eigenvalue weighted by Crippen LogP contribution is 2.33. The third-order valence-electron chi connectivity index (χ3n) is 6.20. The zero-order valence-electron chi connectivity index (χ0n) is 19.4. The Hall–Kier alpha value is -2.16. The Kier molecular flexibility index (Phi) is 12.0. The fourth-order valence-electron chi connectivity index (χ4n) is 4.21. The number of aliphatic hydroxyl groups excluding tert-OH is 2. The van der Waals surface area contributed by atoms with Gasteiger partial charge in [-0.25, -0.2) is 0 Å². The third kappa shape index (κ3) is 8.85. The Balaban J connectivity index is 1.58. The lowest BCUT2D eigenvalue weighted by molar-refractivity contribution is 0.353. The van der Waals surface area contributed by atoms with E-state index in [9.17, 15) is 15.3 Å². The molecule has 0 amide bonds. The van der Waals surface area contributed by atoms with Gasteiger partial charge in [-0.15, -0.1) is 0 Å². The maximum atomic E-state index is 10.5. The molecule has 0 spiro atoms. The van der Waals surface area contributed by atoms with Crippen LogP contribution in [0.4, 0.5) is 0 Å². The van der Waals surface area contributed by atoms with Gasteiger partial charge < -0.3 is 15.3 Å². The summed E-state index contributed by atoms with van der Waals surface area (Å²) in [4.78, 5) is 0. The summed E-state index contributed by atoms with van der Waals surface area (Å²) in [6.07, 6.45) is 18.5. The highest BCUT2D eigenvalue weighted by Gasteiger charge is 2.13. The quantitative estimate of drug-likeness (QED) is 0.185. The van der Waals surface area contributed by atoms with Crippen LogP contribution in [-0.2, 0) is 0 Å².